The van der Waals surface area contributed by atoms with Crippen molar-refractivity contribution < 1.29 is 14.4 Å². The van der Waals surface area contributed by atoms with E-state index < -0.39 is 6.04 Å². The number of imide groups is 1. The predicted molar refractivity (Wildman–Crippen MR) is 112 cm³/mol. The number of rotatable bonds is 4. The largest absolute Gasteiger partial charge is 0.357 e. The van der Waals surface area contributed by atoms with Crippen LogP contribution < -0.4 is 16.0 Å². The zero-order chi connectivity index (χ0) is 21.0. The van der Waals surface area contributed by atoms with Crippen LogP contribution in [0.15, 0.2) is 18.2 Å². The van der Waals surface area contributed by atoms with E-state index in [0.29, 0.717) is 25.1 Å². The molecule has 1 atom stereocenters. The standard InChI is InChI=1S/C21H23N5O3S/c1-21(2)17-15(9-23-21)30-20(25-17)22-8-11-4-3-5-12-13(11)10-26(19(12)29)14-6-7-16(27)24-18(14)28/h3-5,14,23H,6-10H2,1-2H3,(H,22,25)(H,24,27,28). The maximum Gasteiger partial charge on any atom is 0.255 e. The topological polar surface area (TPSA) is 103 Å². The molecule has 2 aromatic rings. The number of fused-ring (bicyclic) bond motifs is 2. The molecule has 0 bridgehead atoms. The van der Waals surface area contributed by atoms with Crippen molar-refractivity contribution in [3.8, 4) is 0 Å². The van der Waals surface area contributed by atoms with Crippen LogP contribution in [0.2, 0.25) is 0 Å². The first-order valence-corrected chi connectivity index (χ1v) is 10.9. The third kappa shape index (κ3) is 3.09. The number of nitrogens with zero attached hydrogens (tertiary/aromatic N) is 2. The van der Waals surface area contributed by atoms with Crippen LogP contribution in [-0.4, -0.2) is 33.6 Å². The number of carbonyl (C=O) groups excluding carboxylic acids is 3. The van der Waals surface area contributed by atoms with Gasteiger partial charge in [0.1, 0.15) is 6.04 Å². The summed E-state index contributed by atoms with van der Waals surface area (Å²) in [6.07, 6.45) is 0.622. The van der Waals surface area contributed by atoms with E-state index in [-0.39, 0.29) is 29.7 Å². The number of hydrogen-bond donors (Lipinski definition) is 3. The minimum absolute atomic E-state index is 0.116. The molecule has 30 heavy (non-hydrogen) atoms. The molecule has 3 aliphatic rings. The van der Waals surface area contributed by atoms with E-state index in [0.717, 1.165) is 28.5 Å². The quantitative estimate of drug-likeness (QED) is 0.646. The monoisotopic (exact) mass is 425 g/mol. The number of benzene rings is 1. The third-order valence-corrected chi connectivity index (χ3v) is 7.10. The SMILES string of the molecule is CC1(C)NCc2sc(NCc3cccc4c3CN(C3CCC(=O)NC3=O)C4=O)nc21. The normalized spacial score (nSPS) is 22.1. The predicted octanol–water partition coefficient (Wildman–Crippen LogP) is 1.85. The Morgan fingerprint density at radius 1 is 1.30 bits per heavy atom. The average molecular weight is 426 g/mol. The number of anilines is 1. The summed E-state index contributed by atoms with van der Waals surface area (Å²) < 4.78 is 0. The summed E-state index contributed by atoms with van der Waals surface area (Å²) in [5.74, 6) is -0.818. The molecule has 3 aliphatic heterocycles. The fourth-order valence-corrected chi connectivity index (χ4v) is 5.46. The highest BCUT2D eigenvalue weighted by molar-refractivity contribution is 7.15. The molecule has 3 N–H and O–H groups in total. The van der Waals surface area contributed by atoms with Crippen molar-refractivity contribution in [1.29, 1.82) is 0 Å². The van der Waals surface area contributed by atoms with E-state index in [1.54, 1.807) is 22.3 Å². The fourth-order valence-electron chi connectivity index (χ4n) is 4.41. The molecule has 8 nitrogen and oxygen atoms in total. The van der Waals surface area contributed by atoms with E-state index in [9.17, 15) is 14.4 Å². The van der Waals surface area contributed by atoms with Crippen LogP contribution in [0, 0.1) is 0 Å². The van der Waals surface area contributed by atoms with Gasteiger partial charge in [0.2, 0.25) is 11.8 Å². The molecule has 4 heterocycles. The molecule has 0 spiro atoms. The van der Waals surface area contributed by atoms with Gasteiger partial charge in [-0.2, -0.15) is 0 Å². The Hall–Kier alpha value is -2.78. The minimum atomic E-state index is -0.597. The molecule has 9 heteroatoms. The highest BCUT2D eigenvalue weighted by Crippen LogP contribution is 2.36. The Balaban J connectivity index is 1.34. The van der Waals surface area contributed by atoms with Crippen LogP contribution in [0.5, 0.6) is 0 Å². The molecular formula is C21H23N5O3S. The molecule has 3 amide bonds. The second-order valence-electron chi connectivity index (χ2n) is 8.47. The lowest BCUT2D eigenvalue weighted by Crippen LogP contribution is -2.52. The third-order valence-electron chi connectivity index (χ3n) is 6.09. The molecule has 1 aromatic heterocycles. The first-order chi connectivity index (χ1) is 14.3. The molecule has 156 valence electrons. The van der Waals surface area contributed by atoms with Crippen molar-refractivity contribution in [3.05, 3.63) is 45.5 Å². The second-order valence-corrected chi connectivity index (χ2v) is 9.55. The second kappa shape index (κ2) is 6.88. The summed E-state index contributed by atoms with van der Waals surface area (Å²) in [4.78, 5) is 44.2. The highest BCUT2D eigenvalue weighted by atomic mass is 32.1. The van der Waals surface area contributed by atoms with Crippen molar-refractivity contribution in [2.24, 2.45) is 0 Å². The zero-order valence-electron chi connectivity index (χ0n) is 16.9. The van der Waals surface area contributed by atoms with Gasteiger partial charge in [-0.25, -0.2) is 4.98 Å². The van der Waals surface area contributed by atoms with Crippen molar-refractivity contribution in [2.75, 3.05) is 5.32 Å². The van der Waals surface area contributed by atoms with Gasteiger partial charge in [-0.05, 0) is 37.5 Å². The molecular weight excluding hydrogens is 402 g/mol. The molecule has 5 rings (SSSR count). The van der Waals surface area contributed by atoms with Gasteiger partial charge in [0, 0.05) is 36.5 Å². The number of carbonyl (C=O) groups is 3. The lowest BCUT2D eigenvalue weighted by molar-refractivity contribution is -0.136. The van der Waals surface area contributed by atoms with Crippen LogP contribution in [0.1, 0.15) is 58.7 Å². The summed E-state index contributed by atoms with van der Waals surface area (Å²) in [5, 5.41) is 10.1. The van der Waals surface area contributed by atoms with E-state index in [1.807, 2.05) is 12.1 Å². The van der Waals surface area contributed by atoms with Gasteiger partial charge in [-0.1, -0.05) is 12.1 Å². The van der Waals surface area contributed by atoms with Gasteiger partial charge >= 0.3 is 0 Å². The molecule has 1 aromatic carbocycles. The van der Waals surface area contributed by atoms with Crippen molar-refractivity contribution in [2.45, 2.75) is 57.9 Å². The number of amides is 3. The first-order valence-electron chi connectivity index (χ1n) is 10.1. The maximum atomic E-state index is 12.9. The first kappa shape index (κ1) is 19.2. The summed E-state index contributed by atoms with van der Waals surface area (Å²) in [6, 6.07) is 5.08. The average Bonchev–Trinajstić information content (AvgIpc) is 3.35. The highest BCUT2D eigenvalue weighted by Gasteiger charge is 2.39. The molecule has 0 aliphatic carbocycles. The number of aromatic nitrogens is 1. The summed E-state index contributed by atoms with van der Waals surface area (Å²) >= 11 is 1.65. The van der Waals surface area contributed by atoms with Gasteiger partial charge in [-0.15, -0.1) is 11.3 Å². The van der Waals surface area contributed by atoms with Crippen LogP contribution in [0.3, 0.4) is 0 Å². The molecule has 0 radical (unpaired) electrons. The van der Waals surface area contributed by atoms with Gasteiger partial charge in [0.05, 0.1) is 11.2 Å². The lowest BCUT2D eigenvalue weighted by Gasteiger charge is -2.29. The number of hydrogen-bond acceptors (Lipinski definition) is 7. The van der Waals surface area contributed by atoms with E-state index >= 15 is 0 Å². The van der Waals surface area contributed by atoms with Gasteiger partial charge in [-0.3, -0.25) is 19.7 Å². The Bertz CT molecular complexity index is 1080. The molecule has 1 unspecified atom stereocenters. The Kier molecular flexibility index (Phi) is 4.41. The van der Waals surface area contributed by atoms with E-state index in [4.69, 9.17) is 4.98 Å². The number of piperidine rings is 1. The van der Waals surface area contributed by atoms with E-state index in [1.165, 1.54) is 4.88 Å². The smallest absolute Gasteiger partial charge is 0.255 e. The number of nitrogens with one attached hydrogen (secondary N) is 3. The zero-order valence-corrected chi connectivity index (χ0v) is 17.7. The van der Waals surface area contributed by atoms with Crippen molar-refractivity contribution >= 4 is 34.2 Å². The van der Waals surface area contributed by atoms with Gasteiger partial charge in [0.15, 0.2) is 5.13 Å². The minimum Gasteiger partial charge on any atom is -0.357 e. The lowest BCUT2D eigenvalue weighted by atomic mass is 10.0. The van der Waals surface area contributed by atoms with Gasteiger partial charge < -0.3 is 15.5 Å². The summed E-state index contributed by atoms with van der Waals surface area (Å²) in [5.41, 5.74) is 3.56. The van der Waals surface area contributed by atoms with Crippen LogP contribution in [0.25, 0.3) is 0 Å². The number of thiazole rings is 1. The maximum absolute atomic E-state index is 12.9. The Labute approximate surface area is 178 Å². The van der Waals surface area contributed by atoms with Gasteiger partial charge in [0.25, 0.3) is 5.91 Å². The molecule has 1 fully saturated rings. The van der Waals surface area contributed by atoms with Crippen molar-refractivity contribution in [1.82, 2.24) is 20.5 Å². The summed E-state index contributed by atoms with van der Waals surface area (Å²) in [7, 11) is 0. The van der Waals surface area contributed by atoms with E-state index in [2.05, 4.69) is 29.8 Å². The fraction of sp³-hybridized carbons (Fsp3) is 0.429. The Morgan fingerprint density at radius 3 is 2.90 bits per heavy atom. The Morgan fingerprint density at radius 2 is 2.13 bits per heavy atom. The van der Waals surface area contributed by atoms with Crippen molar-refractivity contribution in [3.63, 3.8) is 0 Å². The summed E-state index contributed by atoms with van der Waals surface area (Å²) in [6.45, 7) is 6.02. The van der Waals surface area contributed by atoms with Crippen LogP contribution in [-0.2, 0) is 34.8 Å². The van der Waals surface area contributed by atoms with Crippen LogP contribution >= 0.6 is 11.3 Å². The van der Waals surface area contributed by atoms with Crippen LogP contribution in [0.4, 0.5) is 5.13 Å². The molecule has 1 saturated heterocycles. The molecule has 0 saturated carbocycles.